The molecule has 0 spiro atoms. The van der Waals surface area contributed by atoms with E-state index >= 15 is 0 Å². The van der Waals surface area contributed by atoms with Gasteiger partial charge < -0.3 is 19.6 Å². The Morgan fingerprint density at radius 2 is 1.83 bits per heavy atom. The topological polar surface area (TPSA) is 71.5 Å². The highest BCUT2D eigenvalue weighted by atomic mass is 16.5. The third-order valence-electron chi connectivity index (χ3n) is 2.94. The van der Waals surface area contributed by atoms with Crippen molar-refractivity contribution < 1.29 is 14.6 Å². The smallest absolute Gasteiger partial charge is 0.255 e. The number of aromatic hydroxyl groups is 1. The fourth-order valence-corrected chi connectivity index (χ4v) is 1.97. The molecule has 0 aliphatic rings. The Balaban J connectivity index is 2.85. The summed E-state index contributed by atoms with van der Waals surface area (Å²) in [7, 11) is 3.04. The molecule has 96 valence electrons. The van der Waals surface area contributed by atoms with Crippen LogP contribution >= 0.6 is 0 Å². The Bertz CT molecular complexity index is 645. The van der Waals surface area contributed by atoms with E-state index in [-0.39, 0.29) is 11.3 Å². The van der Waals surface area contributed by atoms with Crippen LogP contribution in [0.4, 0.5) is 0 Å². The zero-order chi connectivity index (χ0) is 13.3. The van der Waals surface area contributed by atoms with Gasteiger partial charge in [-0.15, -0.1) is 0 Å². The van der Waals surface area contributed by atoms with Gasteiger partial charge in [-0.05, 0) is 12.5 Å². The summed E-state index contributed by atoms with van der Waals surface area (Å²) in [5.41, 5.74) is 0.608. The first-order valence-corrected chi connectivity index (χ1v) is 5.62. The minimum absolute atomic E-state index is 0.00259. The highest BCUT2D eigenvalue weighted by Gasteiger charge is 2.13. The molecule has 2 aromatic rings. The van der Waals surface area contributed by atoms with Crippen LogP contribution in [0.2, 0.25) is 0 Å². The SMILES string of the molecule is CCc1c(O)c2cc(OC)c(OC)cc2[nH]c1=O. The van der Waals surface area contributed by atoms with Crippen molar-refractivity contribution in [3.63, 3.8) is 0 Å². The van der Waals surface area contributed by atoms with E-state index in [1.807, 2.05) is 6.92 Å². The molecule has 0 saturated heterocycles. The molecule has 0 amide bonds. The standard InChI is InChI=1S/C13H15NO4/c1-4-7-12(15)8-5-10(17-2)11(18-3)6-9(8)14-13(7)16/h5-6H,4H2,1-3H3,(H2,14,15,16). The lowest BCUT2D eigenvalue weighted by molar-refractivity contribution is 0.355. The number of H-pyrrole nitrogens is 1. The van der Waals surface area contributed by atoms with Crippen LogP contribution in [0.25, 0.3) is 10.9 Å². The maximum Gasteiger partial charge on any atom is 0.255 e. The number of benzene rings is 1. The number of hydrogen-bond acceptors (Lipinski definition) is 4. The number of aromatic amines is 1. The van der Waals surface area contributed by atoms with Crippen molar-refractivity contribution in [1.82, 2.24) is 4.98 Å². The number of pyridine rings is 1. The van der Waals surface area contributed by atoms with Crippen LogP contribution in [-0.4, -0.2) is 24.3 Å². The van der Waals surface area contributed by atoms with Gasteiger partial charge in [-0.1, -0.05) is 6.92 Å². The maximum absolute atomic E-state index is 11.8. The molecule has 0 atom stereocenters. The number of fused-ring (bicyclic) bond motifs is 1. The number of rotatable bonds is 3. The zero-order valence-electron chi connectivity index (χ0n) is 10.5. The summed E-state index contributed by atoms with van der Waals surface area (Å²) < 4.78 is 10.3. The van der Waals surface area contributed by atoms with Gasteiger partial charge >= 0.3 is 0 Å². The van der Waals surface area contributed by atoms with E-state index in [1.54, 1.807) is 12.1 Å². The molecular formula is C13H15NO4. The summed E-state index contributed by atoms with van der Waals surface area (Å²) >= 11 is 0. The van der Waals surface area contributed by atoms with Gasteiger partial charge in [0.2, 0.25) is 0 Å². The first kappa shape index (κ1) is 12.3. The molecule has 0 radical (unpaired) electrons. The van der Waals surface area contributed by atoms with Gasteiger partial charge in [0.15, 0.2) is 11.5 Å². The molecular weight excluding hydrogens is 234 g/mol. The van der Waals surface area contributed by atoms with E-state index in [9.17, 15) is 9.90 Å². The van der Waals surface area contributed by atoms with Gasteiger partial charge in [-0.3, -0.25) is 4.79 Å². The summed E-state index contributed by atoms with van der Waals surface area (Å²) in [6.45, 7) is 1.82. The minimum atomic E-state index is -0.283. The summed E-state index contributed by atoms with van der Waals surface area (Å²) in [6.07, 6.45) is 0.464. The van der Waals surface area contributed by atoms with Gasteiger partial charge in [0.1, 0.15) is 5.75 Å². The number of methoxy groups -OCH3 is 2. The van der Waals surface area contributed by atoms with E-state index in [4.69, 9.17) is 9.47 Å². The highest BCUT2D eigenvalue weighted by molar-refractivity contribution is 5.88. The fourth-order valence-electron chi connectivity index (χ4n) is 1.97. The monoisotopic (exact) mass is 249 g/mol. The first-order valence-electron chi connectivity index (χ1n) is 5.62. The van der Waals surface area contributed by atoms with Crippen molar-refractivity contribution in [3.8, 4) is 17.2 Å². The van der Waals surface area contributed by atoms with E-state index in [0.29, 0.717) is 34.4 Å². The normalized spacial score (nSPS) is 10.6. The summed E-state index contributed by atoms with van der Waals surface area (Å²) in [5, 5.41) is 10.6. The molecule has 0 unspecified atom stereocenters. The molecule has 1 aromatic carbocycles. The van der Waals surface area contributed by atoms with E-state index in [1.165, 1.54) is 14.2 Å². The van der Waals surface area contributed by atoms with Gasteiger partial charge in [0.05, 0.1) is 25.3 Å². The third kappa shape index (κ3) is 1.77. The lowest BCUT2D eigenvalue weighted by Crippen LogP contribution is -2.12. The molecule has 0 saturated carbocycles. The number of ether oxygens (including phenoxy) is 2. The van der Waals surface area contributed by atoms with Gasteiger partial charge in [0.25, 0.3) is 5.56 Å². The fraction of sp³-hybridized carbons (Fsp3) is 0.308. The summed E-state index contributed by atoms with van der Waals surface area (Å²) in [4.78, 5) is 14.5. The molecule has 2 N–H and O–H groups in total. The molecule has 5 heteroatoms. The minimum Gasteiger partial charge on any atom is -0.507 e. The average molecular weight is 249 g/mol. The van der Waals surface area contributed by atoms with Gasteiger partial charge in [-0.2, -0.15) is 0 Å². The van der Waals surface area contributed by atoms with Crippen molar-refractivity contribution in [3.05, 3.63) is 28.0 Å². The lowest BCUT2D eigenvalue weighted by atomic mass is 10.1. The Morgan fingerprint density at radius 3 is 2.39 bits per heavy atom. The molecule has 0 fully saturated rings. The molecule has 0 aliphatic carbocycles. The number of aromatic nitrogens is 1. The molecule has 1 aromatic heterocycles. The van der Waals surface area contributed by atoms with Gasteiger partial charge in [-0.25, -0.2) is 0 Å². The van der Waals surface area contributed by atoms with Crippen molar-refractivity contribution in [2.45, 2.75) is 13.3 Å². The Kier molecular flexibility index (Phi) is 3.14. The second-order valence-corrected chi connectivity index (χ2v) is 3.89. The van der Waals surface area contributed by atoms with Crippen LogP contribution in [0.5, 0.6) is 17.2 Å². The molecule has 5 nitrogen and oxygen atoms in total. The summed E-state index contributed by atoms with van der Waals surface area (Å²) in [6, 6.07) is 3.29. The predicted octanol–water partition coefficient (Wildman–Crippen LogP) is 1.81. The maximum atomic E-state index is 11.8. The van der Waals surface area contributed by atoms with Crippen molar-refractivity contribution >= 4 is 10.9 Å². The Hall–Kier alpha value is -2.17. The van der Waals surface area contributed by atoms with Crippen LogP contribution in [0.3, 0.4) is 0 Å². The highest BCUT2D eigenvalue weighted by Crippen LogP contribution is 2.35. The van der Waals surface area contributed by atoms with Crippen LogP contribution in [-0.2, 0) is 6.42 Å². The molecule has 2 rings (SSSR count). The van der Waals surface area contributed by atoms with E-state index < -0.39 is 0 Å². The molecule has 0 aliphatic heterocycles. The Labute approximate surface area is 104 Å². The summed E-state index contributed by atoms with van der Waals surface area (Å²) in [5.74, 6) is 1.01. The molecule has 0 bridgehead atoms. The van der Waals surface area contributed by atoms with E-state index in [2.05, 4.69) is 4.98 Å². The second kappa shape index (κ2) is 4.60. The van der Waals surface area contributed by atoms with Crippen molar-refractivity contribution in [2.75, 3.05) is 14.2 Å². The lowest BCUT2D eigenvalue weighted by Gasteiger charge is -2.11. The quantitative estimate of drug-likeness (QED) is 0.870. The number of hydrogen-bond donors (Lipinski definition) is 2. The van der Waals surface area contributed by atoms with Crippen LogP contribution in [0.15, 0.2) is 16.9 Å². The Morgan fingerprint density at radius 1 is 1.22 bits per heavy atom. The van der Waals surface area contributed by atoms with Crippen LogP contribution in [0, 0.1) is 0 Å². The predicted molar refractivity (Wildman–Crippen MR) is 68.7 cm³/mol. The van der Waals surface area contributed by atoms with Gasteiger partial charge in [0, 0.05) is 11.5 Å². The molecule has 18 heavy (non-hydrogen) atoms. The largest absolute Gasteiger partial charge is 0.507 e. The first-order chi connectivity index (χ1) is 8.62. The third-order valence-corrected chi connectivity index (χ3v) is 2.94. The van der Waals surface area contributed by atoms with E-state index in [0.717, 1.165) is 0 Å². The van der Waals surface area contributed by atoms with Crippen molar-refractivity contribution in [2.24, 2.45) is 0 Å². The zero-order valence-corrected chi connectivity index (χ0v) is 10.5. The molecule has 1 heterocycles. The van der Waals surface area contributed by atoms with Crippen molar-refractivity contribution in [1.29, 1.82) is 0 Å². The second-order valence-electron chi connectivity index (χ2n) is 3.89. The number of nitrogens with one attached hydrogen (secondary N) is 1. The van der Waals surface area contributed by atoms with Crippen LogP contribution in [0.1, 0.15) is 12.5 Å². The van der Waals surface area contributed by atoms with Crippen LogP contribution < -0.4 is 15.0 Å². The average Bonchev–Trinajstić information content (AvgIpc) is 2.37.